The number of rotatable bonds is 2. The van der Waals surface area contributed by atoms with Gasteiger partial charge in [0, 0.05) is 38.9 Å². The third-order valence-corrected chi connectivity index (χ3v) is 3.60. The average molecular weight is 288 g/mol. The van der Waals surface area contributed by atoms with Crippen LogP contribution in [0.1, 0.15) is 18.4 Å². The minimum atomic E-state index is -4.09. The summed E-state index contributed by atoms with van der Waals surface area (Å²) in [6.45, 7) is 2.61. The van der Waals surface area contributed by atoms with Gasteiger partial charge in [-0.25, -0.2) is 4.98 Å². The van der Waals surface area contributed by atoms with Crippen LogP contribution in [0.15, 0.2) is 6.20 Å². The molecule has 1 aliphatic heterocycles. The number of halogens is 3. The van der Waals surface area contributed by atoms with Gasteiger partial charge in [0.15, 0.2) is 0 Å². The Labute approximate surface area is 116 Å². The second-order valence-electron chi connectivity index (χ2n) is 5.37. The Hall–Kier alpha value is -1.53. The number of anilines is 2. The summed E-state index contributed by atoms with van der Waals surface area (Å²) in [5.41, 5.74) is 0.948. The van der Waals surface area contributed by atoms with E-state index in [9.17, 15) is 13.2 Å². The minimum absolute atomic E-state index is 0.109. The Morgan fingerprint density at radius 3 is 2.35 bits per heavy atom. The standard InChI is InChI=1S/C13H19F3N4/c1-9-8-17-12(18-11(9)19(2)3)20-6-4-10(5-7-20)13(14,15)16/h8,10H,4-7H2,1-3H3. The third kappa shape index (κ3) is 3.13. The normalized spacial score (nSPS) is 17.4. The van der Waals surface area contributed by atoms with E-state index in [2.05, 4.69) is 9.97 Å². The molecule has 112 valence electrons. The number of hydrogen-bond donors (Lipinski definition) is 0. The van der Waals surface area contributed by atoms with Crippen LogP contribution >= 0.6 is 0 Å². The number of piperidine rings is 1. The zero-order valence-corrected chi connectivity index (χ0v) is 11.9. The fraction of sp³-hybridized carbons (Fsp3) is 0.692. The van der Waals surface area contributed by atoms with Crippen molar-refractivity contribution in [3.8, 4) is 0 Å². The summed E-state index contributed by atoms with van der Waals surface area (Å²) in [6.07, 6.45) is -2.15. The lowest BCUT2D eigenvalue weighted by atomic mass is 9.96. The molecule has 1 aliphatic rings. The first kappa shape index (κ1) is 14.9. The van der Waals surface area contributed by atoms with E-state index in [1.807, 2.05) is 30.8 Å². The van der Waals surface area contributed by atoms with Crippen molar-refractivity contribution in [1.29, 1.82) is 0 Å². The molecule has 20 heavy (non-hydrogen) atoms. The highest BCUT2D eigenvalue weighted by atomic mass is 19.4. The molecular weight excluding hydrogens is 269 g/mol. The largest absolute Gasteiger partial charge is 0.391 e. The van der Waals surface area contributed by atoms with Crippen LogP contribution in [0.25, 0.3) is 0 Å². The van der Waals surface area contributed by atoms with Gasteiger partial charge >= 0.3 is 6.18 Å². The van der Waals surface area contributed by atoms with Gasteiger partial charge in [-0.2, -0.15) is 18.2 Å². The van der Waals surface area contributed by atoms with E-state index in [0.29, 0.717) is 19.0 Å². The smallest absolute Gasteiger partial charge is 0.362 e. The molecule has 1 fully saturated rings. The minimum Gasteiger partial charge on any atom is -0.362 e. The molecule has 0 bridgehead atoms. The van der Waals surface area contributed by atoms with Crippen molar-refractivity contribution in [3.05, 3.63) is 11.8 Å². The highest BCUT2D eigenvalue weighted by molar-refractivity contribution is 5.48. The van der Waals surface area contributed by atoms with Crippen LogP contribution in [-0.4, -0.2) is 43.3 Å². The SMILES string of the molecule is Cc1cnc(N2CCC(C(F)(F)F)CC2)nc1N(C)C. The average Bonchev–Trinajstić information content (AvgIpc) is 2.38. The van der Waals surface area contributed by atoms with Gasteiger partial charge in [-0.05, 0) is 19.8 Å². The molecular formula is C13H19F3N4. The van der Waals surface area contributed by atoms with Crippen molar-refractivity contribution in [1.82, 2.24) is 9.97 Å². The van der Waals surface area contributed by atoms with Crippen LogP contribution in [-0.2, 0) is 0 Å². The van der Waals surface area contributed by atoms with Crippen LogP contribution in [0.3, 0.4) is 0 Å². The van der Waals surface area contributed by atoms with E-state index in [4.69, 9.17) is 0 Å². The Morgan fingerprint density at radius 2 is 1.85 bits per heavy atom. The van der Waals surface area contributed by atoms with Crippen molar-refractivity contribution in [2.24, 2.45) is 5.92 Å². The van der Waals surface area contributed by atoms with Crippen molar-refractivity contribution in [2.45, 2.75) is 25.9 Å². The molecule has 0 amide bonds. The molecule has 0 aromatic carbocycles. The zero-order chi connectivity index (χ0) is 14.9. The van der Waals surface area contributed by atoms with Gasteiger partial charge in [-0.15, -0.1) is 0 Å². The summed E-state index contributed by atoms with van der Waals surface area (Å²) in [5, 5.41) is 0. The first-order chi connectivity index (χ1) is 9.29. The molecule has 0 saturated carbocycles. The lowest BCUT2D eigenvalue weighted by Crippen LogP contribution is -2.39. The molecule has 4 nitrogen and oxygen atoms in total. The van der Waals surface area contributed by atoms with E-state index in [1.54, 1.807) is 6.20 Å². The van der Waals surface area contributed by atoms with Gasteiger partial charge in [0.2, 0.25) is 5.95 Å². The van der Waals surface area contributed by atoms with Gasteiger partial charge in [-0.1, -0.05) is 0 Å². The fourth-order valence-electron chi connectivity index (χ4n) is 2.44. The maximum Gasteiger partial charge on any atom is 0.391 e. The van der Waals surface area contributed by atoms with E-state index < -0.39 is 12.1 Å². The van der Waals surface area contributed by atoms with E-state index in [0.717, 1.165) is 11.4 Å². The molecule has 0 spiro atoms. The third-order valence-electron chi connectivity index (χ3n) is 3.60. The Morgan fingerprint density at radius 1 is 1.25 bits per heavy atom. The molecule has 1 aromatic heterocycles. The summed E-state index contributed by atoms with van der Waals surface area (Å²) in [4.78, 5) is 12.4. The van der Waals surface area contributed by atoms with Crippen LogP contribution in [0, 0.1) is 12.8 Å². The lowest BCUT2D eigenvalue weighted by Gasteiger charge is -2.33. The number of aromatic nitrogens is 2. The molecule has 0 atom stereocenters. The highest BCUT2D eigenvalue weighted by Crippen LogP contribution is 2.35. The quantitative estimate of drug-likeness (QED) is 0.837. The molecule has 7 heteroatoms. The molecule has 0 unspecified atom stereocenters. The predicted octanol–water partition coefficient (Wildman–Crippen LogP) is 2.63. The maximum absolute atomic E-state index is 12.6. The number of hydrogen-bond acceptors (Lipinski definition) is 4. The van der Waals surface area contributed by atoms with Crippen molar-refractivity contribution >= 4 is 11.8 Å². The van der Waals surface area contributed by atoms with Crippen molar-refractivity contribution in [2.75, 3.05) is 37.0 Å². The number of aryl methyl sites for hydroxylation is 1. The summed E-state index contributed by atoms with van der Waals surface area (Å²) < 4.78 is 37.9. The Kier molecular flexibility index (Phi) is 4.06. The van der Waals surface area contributed by atoms with Crippen molar-refractivity contribution < 1.29 is 13.2 Å². The second-order valence-corrected chi connectivity index (χ2v) is 5.37. The van der Waals surface area contributed by atoms with Gasteiger partial charge in [0.1, 0.15) is 5.82 Å². The predicted molar refractivity (Wildman–Crippen MR) is 72.1 cm³/mol. The summed E-state index contributed by atoms with van der Waals surface area (Å²) in [5.74, 6) is 0.116. The van der Waals surface area contributed by atoms with Gasteiger partial charge in [0.25, 0.3) is 0 Å². The molecule has 1 saturated heterocycles. The number of alkyl halides is 3. The molecule has 1 aromatic rings. The monoisotopic (exact) mass is 288 g/mol. The fourth-order valence-corrected chi connectivity index (χ4v) is 2.44. The van der Waals surface area contributed by atoms with Gasteiger partial charge < -0.3 is 9.80 Å². The second kappa shape index (κ2) is 5.46. The molecule has 0 N–H and O–H groups in total. The van der Waals surface area contributed by atoms with E-state index in [-0.39, 0.29) is 12.8 Å². The van der Waals surface area contributed by atoms with E-state index in [1.165, 1.54) is 0 Å². The van der Waals surface area contributed by atoms with Crippen molar-refractivity contribution in [3.63, 3.8) is 0 Å². The van der Waals surface area contributed by atoms with E-state index >= 15 is 0 Å². The lowest BCUT2D eigenvalue weighted by molar-refractivity contribution is -0.179. The first-order valence-electron chi connectivity index (χ1n) is 6.61. The summed E-state index contributed by atoms with van der Waals surface area (Å²) >= 11 is 0. The first-order valence-corrected chi connectivity index (χ1v) is 6.61. The molecule has 2 rings (SSSR count). The van der Waals surface area contributed by atoms with Gasteiger partial charge in [0.05, 0.1) is 5.92 Å². The number of nitrogens with zero attached hydrogens (tertiary/aromatic N) is 4. The summed E-state index contributed by atoms with van der Waals surface area (Å²) in [7, 11) is 3.77. The maximum atomic E-state index is 12.6. The highest BCUT2D eigenvalue weighted by Gasteiger charge is 2.41. The van der Waals surface area contributed by atoms with Gasteiger partial charge in [-0.3, -0.25) is 0 Å². The Bertz CT molecular complexity index is 465. The zero-order valence-electron chi connectivity index (χ0n) is 11.9. The summed E-state index contributed by atoms with van der Waals surface area (Å²) in [6, 6.07) is 0. The van der Waals surface area contributed by atoms with Crippen LogP contribution in [0.4, 0.5) is 24.9 Å². The molecule has 0 aliphatic carbocycles. The van der Waals surface area contributed by atoms with Crippen LogP contribution < -0.4 is 9.80 Å². The Balaban J connectivity index is 2.09. The van der Waals surface area contributed by atoms with Crippen LogP contribution in [0.5, 0.6) is 0 Å². The molecule has 2 heterocycles. The molecule has 0 radical (unpaired) electrons. The van der Waals surface area contributed by atoms with Crippen LogP contribution in [0.2, 0.25) is 0 Å². The topological polar surface area (TPSA) is 32.3 Å².